The third kappa shape index (κ3) is 5.12. The number of fused-ring (bicyclic) bond motifs is 1. The van der Waals surface area contributed by atoms with Crippen LogP contribution in [0.4, 0.5) is 25.8 Å². The van der Waals surface area contributed by atoms with Crippen molar-refractivity contribution in [1.82, 2.24) is 9.97 Å². The van der Waals surface area contributed by atoms with Gasteiger partial charge in [0.05, 0.1) is 65.4 Å². The minimum atomic E-state index is -0.697. The predicted octanol–water partition coefficient (Wildman–Crippen LogP) is 6.24. The van der Waals surface area contributed by atoms with E-state index in [0.29, 0.717) is 35.8 Å². The molecule has 192 valence electrons. The molecule has 0 saturated carbocycles. The van der Waals surface area contributed by atoms with Crippen LogP contribution in [-0.2, 0) is 4.74 Å². The third-order valence-electron chi connectivity index (χ3n) is 6.58. The van der Waals surface area contributed by atoms with Gasteiger partial charge < -0.3 is 20.1 Å². The van der Waals surface area contributed by atoms with Crippen molar-refractivity contribution in [2.75, 3.05) is 42.8 Å². The minimum Gasteiger partial charge on any atom is -0.389 e. The number of aromatic nitrogens is 2. The number of hydrogen-bond donors (Lipinski definition) is 2. The Hall–Kier alpha value is -3.27. The number of ether oxygens (including phenoxy) is 1. The number of pyridine rings is 2. The van der Waals surface area contributed by atoms with E-state index in [9.17, 15) is 9.50 Å². The Morgan fingerprint density at radius 2 is 1.89 bits per heavy atom. The highest BCUT2D eigenvalue weighted by Crippen LogP contribution is 2.40. The van der Waals surface area contributed by atoms with Gasteiger partial charge in [-0.25, -0.2) is 13.8 Å². The quantitative estimate of drug-likeness (QED) is 0.291. The van der Waals surface area contributed by atoms with Crippen LogP contribution in [0, 0.1) is 18.6 Å². The number of rotatable bonds is 6. The van der Waals surface area contributed by atoms with Crippen molar-refractivity contribution >= 4 is 39.7 Å². The molecule has 5 rings (SSSR count). The maximum atomic E-state index is 15.2. The molecule has 1 atom stereocenters. The van der Waals surface area contributed by atoms with Crippen molar-refractivity contribution in [2.45, 2.75) is 24.8 Å². The lowest BCUT2D eigenvalue weighted by Gasteiger charge is -2.29. The van der Waals surface area contributed by atoms with Gasteiger partial charge in [-0.2, -0.15) is 0 Å². The SMILES string of the molecule is CSc1ccc(C(C)O)cc1-c1nc2cc(F)cc(F)c2c(Nc2cncc(N3CCOCC3)c2)c1C. The zero-order chi connectivity index (χ0) is 26.1. The van der Waals surface area contributed by atoms with Gasteiger partial charge in [-0.05, 0) is 49.4 Å². The van der Waals surface area contributed by atoms with Gasteiger partial charge in [0.25, 0.3) is 0 Å². The molecule has 9 heteroatoms. The molecule has 0 amide bonds. The fourth-order valence-corrected chi connectivity index (χ4v) is 5.21. The molecule has 0 radical (unpaired) electrons. The van der Waals surface area contributed by atoms with Crippen LogP contribution in [0.2, 0.25) is 0 Å². The summed E-state index contributed by atoms with van der Waals surface area (Å²) in [4.78, 5) is 12.2. The monoisotopic (exact) mass is 522 g/mol. The summed E-state index contributed by atoms with van der Waals surface area (Å²) in [6.07, 6.45) is 4.76. The average molecular weight is 523 g/mol. The Balaban J connectivity index is 1.68. The van der Waals surface area contributed by atoms with Crippen LogP contribution in [0.25, 0.3) is 22.2 Å². The number of aliphatic hydroxyl groups excluding tert-OH is 1. The van der Waals surface area contributed by atoms with E-state index in [-0.39, 0.29) is 10.9 Å². The standard InChI is InChI=1S/C28H28F2N4O2S/c1-16-27(22-10-18(17(2)35)4-5-25(22)37-3)33-24-12-19(29)11-23(30)26(24)28(16)32-20-13-21(15-31-14-20)34-6-8-36-9-7-34/h4-5,10-15,17,35H,6-9H2,1-3H3,(H,32,33). The van der Waals surface area contributed by atoms with Crippen LogP contribution in [0.15, 0.2) is 53.7 Å². The van der Waals surface area contributed by atoms with E-state index in [1.54, 1.807) is 31.1 Å². The molecule has 6 nitrogen and oxygen atoms in total. The van der Waals surface area contributed by atoms with Crippen LogP contribution in [-0.4, -0.2) is 47.6 Å². The molecule has 37 heavy (non-hydrogen) atoms. The Bertz CT molecular complexity index is 1460. The van der Waals surface area contributed by atoms with Gasteiger partial charge >= 0.3 is 0 Å². The van der Waals surface area contributed by atoms with Crippen molar-refractivity contribution in [1.29, 1.82) is 0 Å². The zero-order valence-electron chi connectivity index (χ0n) is 20.9. The summed E-state index contributed by atoms with van der Waals surface area (Å²) in [7, 11) is 0. The normalized spacial score (nSPS) is 14.7. The first kappa shape index (κ1) is 25.4. The highest BCUT2D eigenvalue weighted by Gasteiger charge is 2.21. The number of morpholine rings is 1. The molecule has 1 aliphatic rings. The Kier molecular flexibility index (Phi) is 7.28. The molecular formula is C28H28F2N4O2S. The largest absolute Gasteiger partial charge is 0.389 e. The highest BCUT2D eigenvalue weighted by molar-refractivity contribution is 7.98. The fraction of sp³-hybridized carbons (Fsp3) is 0.286. The number of hydrogen-bond acceptors (Lipinski definition) is 7. The second kappa shape index (κ2) is 10.6. The van der Waals surface area contributed by atoms with Gasteiger partial charge in [-0.15, -0.1) is 11.8 Å². The topological polar surface area (TPSA) is 70.5 Å². The first-order valence-corrected chi connectivity index (χ1v) is 13.3. The van der Waals surface area contributed by atoms with Crippen molar-refractivity contribution in [2.24, 2.45) is 0 Å². The van der Waals surface area contributed by atoms with E-state index >= 15 is 4.39 Å². The van der Waals surface area contributed by atoms with E-state index in [2.05, 4.69) is 15.2 Å². The number of thioether (sulfide) groups is 1. The number of nitrogens with one attached hydrogen (secondary N) is 1. The molecule has 0 aliphatic carbocycles. The maximum absolute atomic E-state index is 15.2. The zero-order valence-corrected chi connectivity index (χ0v) is 21.7. The van der Waals surface area contributed by atoms with Gasteiger partial charge in [-0.3, -0.25) is 4.98 Å². The lowest BCUT2D eigenvalue weighted by molar-refractivity contribution is 0.122. The van der Waals surface area contributed by atoms with Crippen molar-refractivity contribution < 1.29 is 18.6 Å². The van der Waals surface area contributed by atoms with Crippen molar-refractivity contribution in [3.63, 3.8) is 0 Å². The molecule has 2 N–H and O–H groups in total. The lowest BCUT2D eigenvalue weighted by Crippen LogP contribution is -2.36. The van der Waals surface area contributed by atoms with Crippen molar-refractivity contribution in [3.8, 4) is 11.3 Å². The van der Waals surface area contributed by atoms with E-state index < -0.39 is 17.7 Å². The van der Waals surface area contributed by atoms with E-state index in [1.807, 2.05) is 37.4 Å². The summed E-state index contributed by atoms with van der Waals surface area (Å²) < 4.78 is 35.0. The first-order valence-electron chi connectivity index (χ1n) is 12.1. The smallest absolute Gasteiger partial charge is 0.137 e. The Labute approximate surface area is 218 Å². The predicted molar refractivity (Wildman–Crippen MR) is 145 cm³/mol. The second-order valence-electron chi connectivity index (χ2n) is 9.03. The molecule has 1 aliphatic heterocycles. The molecule has 2 aromatic carbocycles. The number of benzene rings is 2. The first-order chi connectivity index (χ1) is 17.9. The Morgan fingerprint density at radius 3 is 2.62 bits per heavy atom. The number of nitrogens with zero attached hydrogens (tertiary/aromatic N) is 3. The molecule has 1 unspecified atom stereocenters. The van der Waals surface area contributed by atoms with Crippen LogP contribution in [0.1, 0.15) is 24.2 Å². The summed E-state index contributed by atoms with van der Waals surface area (Å²) >= 11 is 1.54. The van der Waals surface area contributed by atoms with E-state index in [0.717, 1.165) is 40.9 Å². The summed E-state index contributed by atoms with van der Waals surface area (Å²) in [5.74, 6) is -1.39. The third-order valence-corrected chi connectivity index (χ3v) is 7.37. The molecule has 1 saturated heterocycles. The fourth-order valence-electron chi connectivity index (χ4n) is 4.63. The van der Waals surface area contributed by atoms with Crippen LogP contribution < -0.4 is 10.2 Å². The van der Waals surface area contributed by atoms with Crippen molar-refractivity contribution in [3.05, 3.63) is 71.6 Å². The maximum Gasteiger partial charge on any atom is 0.137 e. The number of anilines is 3. The summed E-state index contributed by atoms with van der Waals surface area (Å²) in [6.45, 7) is 6.38. The number of aliphatic hydroxyl groups is 1. The molecule has 2 aromatic heterocycles. The molecule has 4 aromatic rings. The molecule has 0 bridgehead atoms. The van der Waals surface area contributed by atoms with E-state index in [4.69, 9.17) is 9.72 Å². The molecule has 3 heterocycles. The average Bonchev–Trinajstić information content (AvgIpc) is 2.90. The lowest BCUT2D eigenvalue weighted by atomic mass is 9.98. The van der Waals surface area contributed by atoms with Gasteiger partial charge in [0.2, 0.25) is 0 Å². The van der Waals surface area contributed by atoms with E-state index in [1.165, 1.54) is 6.07 Å². The summed E-state index contributed by atoms with van der Waals surface area (Å²) in [5, 5.41) is 13.8. The molecule has 0 spiro atoms. The summed E-state index contributed by atoms with van der Waals surface area (Å²) in [5.41, 5.74) is 5.12. The van der Waals surface area contributed by atoms with Gasteiger partial charge in [0.15, 0.2) is 0 Å². The van der Waals surface area contributed by atoms with Crippen LogP contribution in [0.3, 0.4) is 0 Å². The summed E-state index contributed by atoms with van der Waals surface area (Å²) in [6, 6.07) is 9.77. The van der Waals surface area contributed by atoms with Gasteiger partial charge in [0.1, 0.15) is 11.6 Å². The molecular weight excluding hydrogens is 494 g/mol. The van der Waals surface area contributed by atoms with Crippen LogP contribution >= 0.6 is 11.8 Å². The molecule has 1 fully saturated rings. The van der Waals surface area contributed by atoms with Gasteiger partial charge in [0, 0.05) is 35.7 Å². The minimum absolute atomic E-state index is 0.201. The number of halogens is 2. The second-order valence-corrected chi connectivity index (χ2v) is 9.88. The van der Waals surface area contributed by atoms with Crippen LogP contribution in [0.5, 0.6) is 0 Å². The van der Waals surface area contributed by atoms with Gasteiger partial charge in [-0.1, -0.05) is 6.07 Å². The highest BCUT2D eigenvalue weighted by atomic mass is 32.2. The Morgan fingerprint density at radius 1 is 1.11 bits per heavy atom.